The molecule has 0 spiro atoms. The lowest BCUT2D eigenvalue weighted by atomic mass is 10.2. The molecule has 0 atom stereocenters. The number of aromatic nitrogens is 2. The van der Waals surface area contributed by atoms with Crippen molar-refractivity contribution in [2.75, 3.05) is 29.6 Å². The molecule has 1 aromatic heterocycles. The van der Waals surface area contributed by atoms with Crippen molar-refractivity contribution in [1.82, 2.24) is 9.97 Å². The van der Waals surface area contributed by atoms with Crippen LogP contribution in [0.5, 0.6) is 0 Å². The number of carbonyl (C=O) groups excluding carboxylic acids is 1. The van der Waals surface area contributed by atoms with Gasteiger partial charge in [-0.25, -0.2) is 14.8 Å². The summed E-state index contributed by atoms with van der Waals surface area (Å²) in [7, 11) is 1.94. The van der Waals surface area contributed by atoms with Crippen LogP contribution in [0.25, 0.3) is 0 Å². The molecule has 3 N–H and O–H groups in total. The number of ether oxygens (including phenoxy) is 1. The number of hydrogen-bond acceptors (Lipinski definition) is 7. The lowest BCUT2D eigenvalue weighted by Gasteiger charge is -2.21. The number of hydrogen-bond donors (Lipinski definition) is 2. The van der Waals surface area contributed by atoms with Crippen LogP contribution < -0.4 is 16.0 Å². The topological polar surface area (TPSA) is 93.4 Å². The summed E-state index contributed by atoms with van der Waals surface area (Å²) in [6.45, 7) is 5.07. The lowest BCUT2D eigenvalue weighted by Crippen LogP contribution is -2.20. The van der Waals surface area contributed by atoms with Crippen molar-refractivity contribution in [2.45, 2.75) is 20.4 Å². The number of anilines is 4. The van der Waals surface area contributed by atoms with Gasteiger partial charge in [0.2, 0.25) is 0 Å². The smallest absolute Gasteiger partial charge is 0.338 e. The van der Waals surface area contributed by atoms with E-state index in [0.29, 0.717) is 42.0 Å². The second-order valence-electron chi connectivity index (χ2n) is 7.50. The summed E-state index contributed by atoms with van der Waals surface area (Å²) in [6, 6.07) is 17.1. The molecule has 3 aromatic rings. The molecule has 7 nitrogen and oxygen atoms in total. The van der Waals surface area contributed by atoms with Gasteiger partial charge in [0.05, 0.1) is 12.2 Å². The zero-order chi connectivity index (χ0) is 21.5. The Morgan fingerprint density at radius 3 is 2.47 bits per heavy atom. The van der Waals surface area contributed by atoms with Gasteiger partial charge in [-0.15, -0.1) is 0 Å². The predicted molar refractivity (Wildman–Crippen MR) is 120 cm³/mol. The zero-order valence-electron chi connectivity index (χ0n) is 17.5. The number of carbonyl (C=O) groups is 1. The molecular formula is C23H27N5O2. The average molecular weight is 406 g/mol. The van der Waals surface area contributed by atoms with Crippen LogP contribution in [0.15, 0.2) is 60.9 Å². The third kappa shape index (κ3) is 5.47. The van der Waals surface area contributed by atoms with Gasteiger partial charge in [-0.2, -0.15) is 0 Å². The Balaban J connectivity index is 1.70. The van der Waals surface area contributed by atoms with E-state index >= 15 is 0 Å². The molecule has 1 heterocycles. The standard InChI is InChI=1S/C23H27N5O2/c1-16(2)14-30-23(29)18-9-11-19(12-10-18)27-21-20(24)22(26-15-25-21)28(3)13-17-7-5-4-6-8-17/h4-12,15-16H,13-14,24H2,1-3H3,(H,25,26,27). The van der Waals surface area contributed by atoms with Gasteiger partial charge in [-0.1, -0.05) is 44.2 Å². The van der Waals surface area contributed by atoms with Crippen molar-refractivity contribution in [3.8, 4) is 0 Å². The summed E-state index contributed by atoms with van der Waals surface area (Å²) in [5.74, 6) is 1.12. The maximum absolute atomic E-state index is 12.1. The van der Waals surface area contributed by atoms with Crippen molar-refractivity contribution in [1.29, 1.82) is 0 Å². The van der Waals surface area contributed by atoms with Crippen LogP contribution in [0.2, 0.25) is 0 Å². The fraction of sp³-hybridized carbons (Fsp3) is 0.261. The fourth-order valence-electron chi connectivity index (χ4n) is 2.87. The first-order valence-electron chi connectivity index (χ1n) is 9.83. The lowest BCUT2D eigenvalue weighted by molar-refractivity contribution is 0.0459. The van der Waals surface area contributed by atoms with Crippen LogP contribution in [-0.4, -0.2) is 29.6 Å². The highest BCUT2D eigenvalue weighted by Crippen LogP contribution is 2.28. The molecule has 0 fully saturated rings. The molecule has 30 heavy (non-hydrogen) atoms. The Labute approximate surface area is 176 Å². The fourth-order valence-corrected chi connectivity index (χ4v) is 2.87. The monoisotopic (exact) mass is 405 g/mol. The first-order valence-corrected chi connectivity index (χ1v) is 9.83. The number of benzene rings is 2. The number of nitrogen functional groups attached to an aromatic ring is 1. The van der Waals surface area contributed by atoms with Crippen molar-refractivity contribution in [3.05, 3.63) is 72.1 Å². The van der Waals surface area contributed by atoms with Gasteiger partial charge in [0.15, 0.2) is 11.6 Å². The molecule has 0 bridgehead atoms. The highest BCUT2D eigenvalue weighted by molar-refractivity contribution is 5.90. The Morgan fingerprint density at radius 2 is 1.80 bits per heavy atom. The number of nitrogens with zero attached hydrogens (tertiary/aromatic N) is 3. The molecule has 156 valence electrons. The van der Waals surface area contributed by atoms with Crippen LogP contribution in [0.4, 0.5) is 23.0 Å². The highest BCUT2D eigenvalue weighted by atomic mass is 16.5. The third-order valence-corrected chi connectivity index (χ3v) is 4.42. The van der Waals surface area contributed by atoms with Crippen LogP contribution in [0, 0.1) is 5.92 Å². The molecule has 0 aliphatic rings. The van der Waals surface area contributed by atoms with E-state index in [1.807, 2.05) is 44.0 Å². The summed E-state index contributed by atoms with van der Waals surface area (Å²) in [5, 5.41) is 3.19. The van der Waals surface area contributed by atoms with Crippen molar-refractivity contribution >= 4 is 29.0 Å². The predicted octanol–water partition coefficient (Wildman–Crippen LogP) is 4.25. The van der Waals surface area contributed by atoms with Gasteiger partial charge in [0.25, 0.3) is 0 Å². The Kier molecular flexibility index (Phi) is 6.85. The van der Waals surface area contributed by atoms with Crippen molar-refractivity contribution in [3.63, 3.8) is 0 Å². The van der Waals surface area contributed by atoms with E-state index in [9.17, 15) is 4.79 Å². The number of esters is 1. The first kappa shape index (κ1) is 21.1. The minimum absolute atomic E-state index is 0.296. The molecule has 2 aromatic carbocycles. The summed E-state index contributed by atoms with van der Waals surface area (Å²) in [4.78, 5) is 22.6. The molecule has 0 amide bonds. The maximum atomic E-state index is 12.1. The van der Waals surface area contributed by atoms with E-state index < -0.39 is 0 Å². The minimum atomic E-state index is -0.332. The quantitative estimate of drug-likeness (QED) is 0.541. The highest BCUT2D eigenvalue weighted by Gasteiger charge is 2.13. The molecular weight excluding hydrogens is 378 g/mol. The van der Waals surface area contributed by atoms with Crippen molar-refractivity contribution < 1.29 is 9.53 Å². The van der Waals surface area contributed by atoms with E-state index in [4.69, 9.17) is 10.5 Å². The van der Waals surface area contributed by atoms with Gasteiger partial charge in [-0.3, -0.25) is 0 Å². The van der Waals surface area contributed by atoms with Crippen molar-refractivity contribution in [2.24, 2.45) is 5.92 Å². The Hall–Kier alpha value is -3.61. The normalized spacial score (nSPS) is 10.7. The molecule has 0 radical (unpaired) electrons. The number of nitrogens with one attached hydrogen (secondary N) is 1. The van der Waals surface area contributed by atoms with Gasteiger partial charge in [-0.05, 0) is 35.7 Å². The van der Waals surface area contributed by atoms with E-state index in [2.05, 4.69) is 27.4 Å². The second kappa shape index (κ2) is 9.73. The largest absolute Gasteiger partial charge is 0.462 e. The maximum Gasteiger partial charge on any atom is 0.338 e. The van der Waals surface area contributed by atoms with E-state index in [1.54, 1.807) is 24.3 Å². The van der Waals surface area contributed by atoms with Crippen LogP contribution >= 0.6 is 0 Å². The van der Waals surface area contributed by atoms with E-state index in [1.165, 1.54) is 6.33 Å². The molecule has 0 aliphatic carbocycles. The van der Waals surface area contributed by atoms with Crippen LogP contribution in [0.3, 0.4) is 0 Å². The Morgan fingerprint density at radius 1 is 1.10 bits per heavy atom. The summed E-state index contributed by atoms with van der Waals surface area (Å²) in [6.07, 6.45) is 1.48. The minimum Gasteiger partial charge on any atom is -0.462 e. The SMILES string of the molecule is CC(C)COC(=O)c1ccc(Nc2ncnc(N(C)Cc3ccccc3)c2N)cc1. The molecule has 0 aliphatic heterocycles. The zero-order valence-corrected chi connectivity index (χ0v) is 17.5. The molecule has 0 saturated carbocycles. The van der Waals surface area contributed by atoms with Crippen LogP contribution in [-0.2, 0) is 11.3 Å². The number of nitrogens with two attached hydrogens (primary N) is 1. The summed E-state index contributed by atoms with van der Waals surface area (Å²) >= 11 is 0. The molecule has 0 saturated heterocycles. The van der Waals surface area contributed by atoms with E-state index in [0.717, 1.165) is 11.3 Å². The summed E-state index contributed by atoms with van der Waals surface area (Å²) in [5.41, 5.74) is 9.20. The molecule has 0 unspecified atom stereocenters. The Bertz CT molecular complexity index is 975. The summed E-state index contributed by atoms with van der Waals surface area (Å²) < 4.78 is 5.25. The van der Waals surface area contributed by atoms with Crippen LogP contribution in [0.1, 0.15) is 29.8 Å². The first-order chi connectivity index (χ1) is 14.4. The third-order valence-electron chi connectivity index (χ3n) is 4.42. The molecule has 7 heteroatoms. The average Bonchev–Trinajstić information content (AvgIpc) is 2.74. The van der Waals surface area contributed by atoms with Gasteiger partial charge < -0.3 is 20.7 Å². The second-order valence-corrected chi connectivity index (χ2v) is 7.50. The van der Waals surface area contributed by atoms with Gasteiger partial charge in [0, 0.05) is 19.3 Å². The molecule has 3 rings (SSSR count). The number of rotatable bonds is 8. The van der Waals surface area contributed by atoms with E-state index in [-0.39, 0.29) is 5.97 Å². The van der Waals surface area contributed by atoms with Gasteiger partial charge in [0.1, 0.15) is 12.0 Å². The van der Waals surface area contributed by atoms with Gasteiger partial charge >= 0.3 is 5.97 Å².